The van der Waals surface area contributed by atoms with E-state index in [1.54, 1.807) is 27.3 Å². The van der Waals surface area contributed by atoms with Crippen LogP contribution in [0.1, 0.15) is 5.56 Å². The molecule has 0 aliphatic rings. The molecule has 0 saturated carbocycles. The van der Waals surface area contributed by atoms with E-state index >= 15 is 0 Å². The van der Waals surface area contributed by atoms with Crippen molar-refractivity contribution in [1.29, 1.82) is 0 Å². The van der Waals surface area contributed by atoms with E-state index in [4.69, 9.17) is 15.2 Å². The Kier molecular flexibility index (Phi) is 4.65. The van der Waals surface area contributed by atoms with E-state index in [2.05, 4.69) is 20.6 Å². The van der Waals surface area contributed by atoms with Crippen LogP contribution in [0.3, 0.4) is 0 Å². The highest BCUT2D eigenvalue weighted by molar-refractivity contribution is 5.51. The molecule has 4 N–H and O–H groups in total. The van der Waals surface area contributed by atoms with Crippen molar-refractivity contribution in [3.8, 4) is 11.5 Å². The molecule has 1 aromatic carbocycles. The van der Waals surface area contributed by atoms with Crippen molar-refractivity contribution in [1.82, 2.24) is 9.97 Å². The highest BCUT2D eigenvalue weighted by Gasteiger charge is 2.05. The van der Waals surface area contributed by atoms with Crippen molar-refractivity contribution in [3.63, 3.8) is 0 Å². The Balaban J connectivity index is 2.11. The fraction of sp³-hybridized carbons (Fsp3) is 0.286. The molecule has 112 valence electrons. The first-order valence-electron chi connectivity index (χ1n) is 6.43. The molecule has 0 aliphatic heterocycles. The van der Waals surface area contributed by atoms with E-state index in [-0.39, 0.29) is 5.95 Å². The quantitative estimate of drug-likeness (QED) is 0.745. The SMILES string of the molecule is CNc1cc(NCc2ccc(OC)c(OC)c2)nc(N)n1. The number of methoxy groups -OCH3 is 2. The summed E-state index contributed by atoms with van der Waals surface area (Å²) in [5, 5.41) is 6.13. The number of nitrogen functional groups attached to an aromatic ring is 1. The van der Waals surface area contributed by atoms with Crippen LogP contribution in [-0.2, 0) is 6.54 Å². The standard InChI is InChI=1S/C14H19N5O2/c1-16-12-7-13(19-14(15)18-12)17-8-9-4-5-10(20-2)11(6-9)21-3/h4-7H,8H2,1-3H3,(H4,15,16,17,18,19). The van der Waals surface area contributed by atoms with Crippen LogP contribution in [-0.4, -0.2) is 31.2 Å². The summed E-state index contributed by atoms with van der Waals surface area (Å²) in [6, 6.07) is 7.52. The minimum atomic E-state index is 0.219. The summed E-state index contributed by atoms with van der Waals surface area (Å²) in [7, 11) is 5.00. The molecule has 2 rings (SSSR count). The molecule has 0 spiro atoms. The number of hydrogen-bond donors (Lipinski definition) is 3. The first kappa shape index (κ1) is 14.7. The van der Waals surface area contributed by atoms with Crippen LogP contribution in [0.2, 0.25) is 0 Å². The van der Waals surface area contributed by atoms with Crippen molar-refractivity contribution in [3.05, 3.63) is 29.8 Å². The van der Waals surface area contributed by atoms with Gasteiger partial charge in [-0.25, -0.2) is 0 Å². The second-order valence-electron chi connectivity index (χ2n) is 4.29. The lowest BCUT2D eigenvalue weighted by atomic mass is 10.2. The van der Waals surface area contributed by atoms with E-state index < -0.39 is 0 Å². The number of benzene rings is 1. The van der Waals surface area contributed by atoms with Crippen LogP contribution >= 0.6 is 0 Å². The first-order valence-corrected chi connectivity index (χ1v) is 6.43. The van der Waals surface area contributed by atoms with Crippen LogP contribution in [0.5, 0.6) is 11.5 Å². The van der Waals surface area contributed by atoms with Crippen molar-refractivity contribution in [2.24, 2.45) is 0 Å². The van der Waals surface area contributed by atoms with Gasteiger partial charge in [-0.3, -0.25) is 0 Å². The zero-order valence-electron chi connectivity index (χ0n) is 12.3. The molecule has 1 heterocycles. The number of hydrogen-bond acceptors (Lipinski definition) is 7. The first-order chi connectivity index (χ1) is 10.2. The van der Waals surface area contributed by atoms with Crippen LogP contribution in [0.4, 0.5) is 17.6 Å². The largest absolute Gasteiger partial charge is 0.493 e. The maximum absolute atomic E-state index is 5.65. The fourth-order valence-corrected chi connectivity index (χ4v) is 1.87. The van der Waals surface area contributed by atoms with E-state index in [1.165, 1.54) is 0 Å². The maximum Gasteiger partial charge on any atom is 0.223 e. The molecule has 1 aromatic heterocycles. The number of anilines is 3. The third-order valence-electron chi connectivity index (χ3n) is 2.92. The summed E-state index contributed by atoms with van der Waals surface area (Å²) in [6.45, 7) is 0.583. The summed E-state index contributed by atoms with van der Waals surface area (Å²) >= 11 is 0. The predicted octanol–water partition coefficient (Wildman–Crippen LogP) is 1.73. The van der Waals surface area contributed by atoms with Crippen molar-refractivity contribution < 1.29 is 9.47 Å². The second-order valence-corrected chi connectivity index (χ2v) is 4.29. The van der Waals surface area contributed by atoms with Gasteiger partial charge in [0.15, 0.2) is 11.5 Å². The molecule has 2 aromatic rings. The summed E-state index contributed by atoms with van der Waals surface area (Å²) < 4.78 is 10.5. The molecule has 0 fully saturated rings. The second kappa shape index (κ2) is 6.65. The topological polar surface area (TPSA) is 94.3 Å². The van der Waals surface area contributed by atoms with Gasteiger partial charge in [-0.15, -0.1) is 0 Å². The van der Waals surface area contributed by atoms with Gasteiger partial charge in [-0.1, -0.05) is 6.07 Å². The van der Waals surface area contributed by atoms with Gasteiger partial charge in [0.1, 0.15) is 11.6 Å². The van der Waals surface area contributed by atoms with E-state index in [0.717, 1.165) is 5.56 Å². The van der Waals surface area contributed by atoms with E-state index in [9.17, 15) is 0 Å². The third-order valence-corrected chi connectivity index (χ3v) is 2.92. The predicted molar refractivity (Wildman–Crippen MR) is 82.9 cm³/mol. The van der Waals surface area contributed by atoms with Gasteiger partial charge < -0.3 is 25.8 Å². The van der Waals surface area contributed by atoms with Crippen LogP contribution < -0.4 is 25.8 Å². The van der Waals surface area contributed by atoms with E-state index in [1.807, 2.05) is 18.2 Å². The number of nitrogens with one attached hydrogen (secondary N) is 2. The minimum Gasteiger partial charge on any atom is -0.493 e. The Morgan fingerprint density at radius 1 is 1.05 bits per heavy atom. The number of aromatic nitrogens is 2. The summed E-state index contributed by atoms with van der Waals surface area (Å²) in [5.41, 5.74) is 6.69. The Hall–Kier alpha value is -2.70. The molecule has 0 aliphatic carbocycles. The van der Waals surface area contributed by atoms with Gasteiger partial charge in [-0.05, 0) is 17.7 Å². The molecular formula is C14H19N5O2. The molecule has 21 heavy (non-hydrogen) atoms. The van der Waals surface area contributed by atoms with Crippen LogP contribution in [0, 0.1) is 0 Å². The molecule has 0 radical (unpaired) electrons. The van der Waals surface area contributed by atoms with E-state index in [0.29, 0.717) is 29.7 Å². The molecule has 0 saturated heterocycles. The summed E-state index contributed by atoms with van der Waals surface area (Å²) in [6.07, 6.45) is 0. The van der Waals surface area contributed by atoms with Crippen molar-refractivity contribution in [2.45, 2.75) is 6.54 Å². The highest BCUT2D eigenvalue weighted by atomic mass is 16.5. The third kappa shape index (κ3) is 3.65. The lowest BCUT2D eigenvalue weighted by molar-refractivity contribution is 0.354. The van der Waals surface area contributed by atoms with Gasteiger partial charge in [0.2, 0.25) is 5.95 Å². The van der Waals surface area contributed by atoms with Gasteiger partial charge >= 0.3 is 0 Å². The number of nitrogens with zero attached hydrogens (tertiary/aromatic N) is 2. The van der Waals surface area contributed by atoms with Gasteiger partial charge in [0.25, 0.3) is 0 Å². The average molecular weight is 289 g/mol. The number of nitrogens with two attached hydrogens (primary N) is 1. The number of rotatable bonds is 6. The van der Waals surface area contributed by atoms with Gasteiger partial charge in [0, 0.05) is 19.7 Å². The number of ether oxygens (including phenoxy) is 2. The molecule has 7 heteroatoms. The summed E-state index contributed by atoms with van der Waals surface area (Å²) in [4.78, 5) is 8.17. The van der Waals surface area contributed by atoms with Crippen LogP contribution in [0.25, 0.3) is 0 Å². The smallest absolute Gasteiger partial charge is 0.223 e. The minimum absolute atomic E-state index is 0.219. The molecule has 0 unspecified atom stereocenters. The molecule has 0 amide bonds. The van der Waals surface area contributed by atoms with Gasteiger partial charge in [-0.2, -0.15) is 9.97 Å². The average Bonchev–Trinajstić information content (AvgIpc) is 2.52. The zero-order valence-corrected chi connectivity index (χ0v) is 12.3. The molecule has 0 atom stereocenters. The Labute approximate surface area is 123 Å². The van der Waals surface area contributed by atoms with Gasteiger partial charge in [0.05, 0.1) is 14.2 Å². The molecule has 0 bridgehead atoms. The lowest BCUT2D eigenvalue weighted by Crippen LogP contribution is -2.06. The van der Waals surface area contributed by atoms with Crippen molar-refractivity contribution >= 4 is 17.6 Å². The maximum atomic E-state index is 5.65. The highest BCUT2D eigenvalue weighted by Crippen LogP contribution is 2.27. The van der Waals surface area contributed by atoms with Crippen molar-refractivity contribution in [2.75, 3.05) is 37.6 Å². The fourth-order valence-electron chi connectivity index (χ4n) is 1.87. The Bertz CT molecular complexity index is 618. The Morgan fingerprint density at radius 3 is 2.43 bits per heavy atom. The monoisotopic (exact) mass is 289 g/mol. The molecular weight excluding hydrogens is 270 g/mol. The normalized spacial score (nSPS) is 10.0. The Morgan fingerprint density at radius 2 is 1.76 bits per heavy atom. The summed E-state index contributed by atoms with van der Waals surface area (Å²) in [5.74, 6) is 2.93. The molecule has 7 nitrogen and oxygen atoms in total. The zero-order chi connectivity index (χ0) is 15.2. The lowest BCUT2D eigenvalue weighted by Gasteiger charge is -2.11. The van der Waals surface area contributed by atoms with Crippen LogP contribution in [0.15, 0.2) is 24.3 Å².